The summed E-state index contributed by atoms with van der Waals surface area (Å²) in [5.41, 5.74) is 2.01. The van der Waals surface area contributed by atoms with Gasteiger partial charge in [-0.3, -0.25) is 4.79 Å². The summed E-state index contributed by atoms with van der Waals surface area (Å²) in [4.78, 5) is 15.9. The Balaban J connectivity index is 1.85. The summed E-state index contributed by atoms with van der Waals surface area (Å²) in [5, 5.41) is 2.11. The van der Waals surface area contributed by atoms with Gasteiger partial charge in [0.2, 0.25) is 0 Å². The van der Waals surface area contributed by atoms with E-state index in [2.05, 4.69) is 43.3 Å². The van der Waals surface area contributed by atoms with E-state index in [4.69, 9.17) is 0 Å². The van der Waals surface area contributed by atoms with Crippen LogP contribution in [0.1, 0.15) is 20.8 Å². The van der Waals surface area contributed by atoms with Gasteiger partial charge < -0.3 is 4.90 Å². The van der Waals surface area contributed by atoms with Crippen LogP contribution in [0.5, 0.6) is 0 Å². The number of hydrogen-bond donors (Lipinski definition) is 0. The highest BCUT2D eigenvalue weighted by Gasteiger charge is 2.22. The van der Waals surface area contributed by atoms with Crippen LogP contribution >= 0.6 is 43.2 Å². The first-order chi connectivity index (χ1) is 9.13. The van der Waals surface area contributed by atoms with E-state index >= 15 is 0 Å². The Morgan fingerprint density at radius 3 is 2.68 bits per heavy atom. The van der Waals surface area contributed by atoms with Crippen LogP contribution in [0.2, 0.25) is 0 Å². The molecule has 1 aromatic carbocycles. The molecule has 1 aliphatic rings. The minimum atomic E-state index is 0.0962. The van der Waals surface area contributed by atoms with Crippen molar-refractivity contribution < 1.29 is 4.79 Å². The van der Waals surface area contributed by atoms with Crippen LogP contribution in [0.4, 0.5) is 0 Å². The molecular formula is C14H11Br2NOS. The van der Waals surface area contributed by atoms with Crippen molar-refractivity contribution >= 4 is 49.1 Å². The van der Waals surface area contributed by atoms with Gasteiger partial charge in [-0.1, -0.05) is 31.9 Å². The average Bonchev–Trinajstić information content (AvgIpc) is 2.83. The number of rotatable bonds is 1. The van der Waals surface area contributed by atoms with Crippen molar-refractivity contribution in [2.24, 2.45) is 0 Å². The first-order valence-electron chi connectivity index (χ1n) is 5.94. The van der Waals surface area contributed by atoms with Gasteiger partial charge in [0.25, 0.3) is 5.91 Å². The zero-order chi connectivity index (χ0) is 13.4. The largest absolute Gasteiger partial charge is 0.334 e. The van der Waals surface area contributed by atoms with Crippen molar-refractivity contribution in [2.45, 2.75) is 13.0 Å². The number of fused-ring (bicyclic) bond motifs is 1. The quantitative estimate of drug-likeness (QED) is 0.691. The summed E-state index contributed by atoms with van der Waals surface area (Å²) in [5.74, 6) is 0.0962. The lowest BCUT2D eigenvalue weighted by Crippen LogP contribution is -2.35. The van der Waals surface area contributed by atoms with Gasteiger partial charge in [0, 0.05) is 32.5 Å². The van der Waals surface area contributed by atoms with E-state index in [-0.39, 0.29) is 5.91 Å². The van der Waals surface area contributed by atoms with E-state index in [0.717, 1.165) is 34.0 Å². The van der Waals surface area contributed by atoms with Gasteiger partial charge in [0.15, 0.2) is 0 Å². The average molecular weight is 401 g/mol. The van der Waals surface area contributed by atoms with Crippen LogP contribution in [0.25, 0.3) is 0 Å². The molecule has 0 aliphatic carbocycles. The molecule has 2 heterocycles. The number of benzene rings is 1. The minimum absolute atomic E-state index is 0.0962. The number of amides is 1. The van der Waals surface area contributed by atoms with E-state index in [1.54, 1.807) is 11.3 Å². The second-order valence-electron chi connectivity index (χ2n) is 4.50. The highest BCUT2D eigenvalue weighted by atomic mass is 79.9. The molecule has 0 saturated carbocycles. The van der Waals surface area contributed by atoms with E-state index < -0.39 is 0 Å². The summed E-state index contributed by atoms with van der Waals surface area (Å²) in [6.45, 7) is 1.53. The Bertz CT molecular complexity index is 618. The normalized spacial score (nSPS) is 14.3. The number of hydrogen-bond acceptors (Lipinski definition) is 2. The molecular weight excluding hydrogens is 390 g/mol. The maximum absolute atomic E-state index is 12.5. The molecule has 5 heteroatoms. The maximum Gasteiger partial charge on any atom is 0.254 e. The zero-order valence-electron chi connectivity index (χ0n) is 10.0. The highest BCUT2D eigenvalue weighted by Crippen LogP contribution is 2.26. The molecule has 0 atom stereocenters. The summed E-state index contributed by atoms with van der Waals surface area (Å²) in [6, 6.07) is 7.80. The summed E-state index contributed by atoms with van der Waals surface area (Å²) in [6.07, 6.45) is 0.966. The van der Waals surface area contributed by atoms with Crippen LogP contribution in [-0.2, 0) is 13.0 Å². The third-order valence-electron chi connectivity index (χ3n) is 3.20. The van der Waals surface area contributed by atoms with E-state index in [1.165, 1.54) is 10.4 Å². The predicted octanol–water partition coefficient (Wildman–Crippen LogP) is 4.47. The van der Waals surface area contributed by atoms with Crippen molar-refractivity contribution in [2.75, 3.05) is 6.54 Å². The molecule has 98 valence electrons. The van der Waals surface area contributed by atoms with Crippen LogP contribution < -0.4 is 0 Å². The Morgan fingerprint density at radius 1 is 1.21 bits per heavy atom. The van der Waals surface area contributed by atoms with Gasteiger partial charge in [-0.2, -0.15) is 0 Å². The summed E-state index contributed by atoms with van der Waals surface area (Å²) < 4.78 is 1.83. The monoisotopic (exact) mass is 399 g/mol. The van der Waals surface area contributed by atoms with Crippen LogP contribution in [-0.4, -0.2) is 17.4 Å². The molecule has 19 heavy (non-hydrogen) atoms. The van der Waals surface area contributed by atoms with Gasteiger partial charge >= 0.3 is 0 Å². The summed E-state index contributed by atoms with van der Waals surface area (Å²) in [7, 11) is 0. The number of nitrogens with zero attached hydrogens (tertiary/aromatic N) is 1. The second-order valence-corrected chi connectivity index (χ2v) is 7.34. The Kier molecular flexibility index (Phi) is 3.78. The molecule has 0 fully saturated rings. The van der Waals surface area contributed by atoms with E-state index in [0.29, 0.717) is 0 Å². The van der Waals surface area contributed by atoms with Gasteiger partial charge in [-0.15, -0.1) is 11.3 Å². The number of carbonyl (C=O) groups excluding carboxylic acids is 1. The van der Waals surface area contributed by atoms with Crippen LogP contribution in [0, 0.1) is 0 Å². The van der Waals surface area contributed by atoms with Crippen LogP contribution in [0.15, 0.2) is 38.6 Å². The van der Waals surface area contributed by atoms with Crippen molar-refractivity contribution in [3.8, 4) is 0 Å². The molecule has 1 aromatic heterocycles. The van der Waals surface area contributed by atoms with Gasteiger partial charge in [0.05, 0.1) is 0 Å². The highest BCUT2D eigenvalue weighted by molar-refractivity contribution is 9.11. The second kappa shape index (κ2) is 5.38. The molecule has 0 N–H and O–H groups in total. The van der Waals surface area contributed by atoms with Crippen molar-refractivity contribution in [3.05, 3.63) is 54.6 Å². The molecule has 1 amide bonds. The van der Waals surface area contributed by atoms with E-state index in [9.17, 15) is 4.79 Å². The number of carbonyl (C=O) groups is 1. The van der Waals surface area contributed by atoms with E-state index in [1.807, 2.05) is 23.1 Å². The molecule has 2 aromatic rings. The Hall–Kier alpha value is -0.650. The number of thiophene rings is 1. The third-order valence-corrected chi connectivity index (χ3v) is 5.14. The Labute approximate surface area is 132 Å². The van der Waals surface area contributed by atoms with Gasteiger partial charge in [-0.25, -0.2) is 0 Å². The molecule has 0 radical (unpaired) electrons. The first-order valence-corrected chi connectivity index (χ1v) is 8.40. The molecule has 3 rings (SSSR count). The Morgan fingerprint density at radius 2 is 1.95 bits per heavy atom. The predicted molar refractivity (Wildman–Crippen MR) is 84.6 cm³/mol. The SMILES string of the molecule is O=C(c1cc(Br)cc(Br)c1)N1CCc2sccc2C1. The van der Waals surface area contributed by atoms with Gasteiger partial charge in [0.1, 0.15) is 0 Å². The summed E-state index contributed by atoms with van der Waals surface area (Å²) >= 11 is 8.64. The zero-order valence-corrected chi connectivity index (χ0v) is 14.0. The molecule has 1 aliphatic heterocycles. The lowest BCUT2D eigenvalue weighted by Gasteiger charge is -2.27. The molecule has 0 spiro atoms. The van der Waals surface area contributed by atoms with Crippen LogP contribution in [0.3, 0.4) is 0 Å². The standard InChI is InChI=1S/C14H11Br2NOS/c15-11-5-10(6-12(16)7-11)14(18)17-3-1-13-9(8-17)2-4-19-13/h2,4-7H,1,3,8H2. The lowest BCUT2D eigenvalue weighted by molar-refractivity contribution is 0.0735. The maximum atomic E-state index is 12.5. The fourth-order valence-corrected chi connectivity index (χ4v) is 4.47. The third kappa shape index (κ3) is 2.78. The molecule has 0 saturated heterocycles. The fraction of sp³-hybridized carbons (Fsp3) is 0.214. The fourth-order valence-electron chi connectivity index (χ4n) is 2.28. The smallest absolute Gasteiger partial charge is 0.254 e. The van der Waals surface area contributed by atoms with Crippen molar-refractivity contribution in [3.63, 3.8) is 0 Å². The topological polar surface area (TPSA) is 20.3 Å². The first kappa shape index (κ1) is 13.3. The molecule has 0 unspecified atom stereocenters. The molecule has 2 nitrogen and oxygen atoms in total. The minimum Gasteiger partial charge on any atom is -0.334 e. The molecule has 0 bridgehead atoms. The van der Waals surface area contributed by atoms with Crippen molar-refractivity contribution in [1.29, 1.82) is 0 Å². The lowest BCUT2D eigenvalue weighted by atomic mass is 10.1. The van der Waals surface area contributed by atoms with Crippen molar-refractivity contribution in [1.82, 2.24) is 4.90 Å². The number of halogens is 2. The van der Waals surface area contributed by atoms with Gasteiger partial charge in [-0.05, 0) is 41.6 Å².